The van der Waals surface area contributed by atoms with Crippen LogP contribution in [0.2, 0.25) is 0 Å². The van der Waals surface area contributed by atoms with Crippen LogP contribution in [-0.2, 0) is 24.1 Å². The number of para-hydroxylation sites is 1. The number of rotatable bonds is 7. The lowest BCUT2D eigenvalue weighted by Gasteiger charge is -2.14. The molecule has 2 rings (SSSR count). The maximum atomic E-state index is 12.4. The highest BCUT2D eigenvalue weighted by Gasteiger charge is 2.10. The molecule has 0 aliphatic rings. The fraction of sp³-hybridized carbons (Fsp3) is 0.350. The van der Waals surface area contributed by atoms with Crippen molar-refractivity contribution in [1.29, 1.82) is 0 Å². The molecule has 0 heterocycles. The summed E-state index contributed by atoms with van der Waals surface area (Å²) in [5, 5.41) is 3.11. The molecule has 1 amide bonds. The molecule has 0 saturated carbocycles. The number of amides is 1. The van der Waals surface area contributed by atoms with Crippen LogP contribution in [0, 0.1) is 0 Å². The van der Waals surface area contributed by atoms with Crippen molar-refractivity contribution in [3.8, 4) is 5.75 Å². The van der Waals surface area contributed by atoms with Gasteiger partial charge in [0.05, 0.1) is 11.6 Å². The normalized spacial score (nSPS) is 10.5. The molecule has 4 heteroatoms. The van der Waals surface area contributed by atoms with Gasteiger partial charge in [-0.25, -0.2) is 0 Å². The van der Waals surface area contributed by atoms with Crippen LogP contribution in [0.25, 0.3) is 0 Å². The van der Waals surface area contributed by atoms with Gasteiger partial charge in [0.15, 0.2) is 0 Å². The molecule has 0 unspecified atom stereocenters. The van der Waals surface area contributed by atoms with Crippen LogP contribution in [0.4, 0.5) is 5.69 Å². The van der Waals surface area contributed by atoms with E-state index in [1.54, 1.807) is 7.11 Å². The average Bonchev–Trinajstić information content (AvgIpc) is 2.60. The molecule has 1 N–H and O–H groups in total. The topological polar surface area (TPSA) is 38.3 Å². The van der Waals surface area contributed by atoms with Crippen molar-refractivity contribution >= 4 is 27.5 Å². The molecule has 2 aromatic rings. The van der Waals surface area contributed by atoms with Crippen LogP contribution in [0.1, 0.15) is 37.0 Å². The number of anilines is 1. The number of nitrogens with one attached hydrogen (secondary N) is 1. The number of halogens is 1. The van der Waals surface area contributed by atoms with Gasteiger partial charge in [-0.15, -0.1) is 0 Å². The van der Waals surface area contributed by atoms with Crippen LogP contribution < -0.4 is 10.1 Å². The molecule has 0 aromatic heterocycles. The smallest absolute Gasteiger partial charge is 0.224 e. The van der Waals surface area contributed by atoms with Crippen molar-refractivity contribution in [2.75, 3.05) is 12.4 Å². The molecule has 2 aromatic carbocycles. The SMILES string of the molecule is CCc1cccc(CC)c1NC(=O)CCc1ccc(OC)c(Br)c1. The monoisotopic (exact) mass is 389 g/mol. The first-order chi connectivity index (χ1) is 11.6. The lowest BCUT2D eigenvalue weighted by Crippen LogP contribution is -2.15. The summed E-state index contributed by atoms with van der Waals surface area (Å²) in [6.45, 7) is 4.22. The molecule has 0 aliphatic carbocycles. The number of ether oxygens (including phenoxy) is 1. The van der Waals surface area contributed by atoms with Crippen LogP contribution in [0.3, 0.4) is 0 Å². The van der Waals surface area contributed by atoms with E-state index >= 15 is 0 Å². The number of benzene rings is 2. The second-order valence-electron chi connectivity index (χ2n) is 5.68. The Hall–Kier alpha value is -1.81. The second-order valence-corrected chi connectivity index (χ2v) is 6.53. The van der Waals surface area contributed by atoms with Gasteiger partial charge in [-0.2, -0.15) is 0 Å². The Morgan fingerprint density at radius 3 is 2.33 bits per heavy atom. The highest BCUT2D eigenvalue weighted by molar-refractivity contribution is 9.10. The third-order valence-electron chi connectivity index (χ3n) is 4.12. The first-order valence-corrected chi connectivity index (χ1v) is 9.11. The first kappa shape index (κ1) is 18.5. The fourth-order valence-corrected chi connectivity index (χ4v) is 3.32. The minimum atomic E-state index is 0.0533. The fourth-order valence-electron chi connectivity index (χ4n) is 2.73. The van der Waals surface area contributed by atoms with Crippen molar-refractivity contribution in [1.82, 2.24) is 0 Å². The van der Waals surface area contributed by atoms with E-state index in [1.165, 1.54) is 11.1 Å². The molecule has 0 atom stereocenters. The molecular weight excluding hydrogens is 366 g/mol. The summed E-state index contributed by atoms with van der Waals surface area (Å²) in [6.07, 6.45) is 2.98. The number of carbonyl (C=O) groups is 1. The van der Waals surface area contributed by atoms with Crippen molar-refractivity contribution in [3.63, 3.8) is 0 Å². The van der Waals surface area contributed by atoms with Crippen molar-refractivity contribution in [2.45, 2.75) is 39.5 Å². The Labute approximate surface area is 152 Å². The molecule has 0 radical (unpaired) electrons. The molecule has 0 saturated heterocycles. The van der Waals surface area contributed by atoms with E-state index in [4.69, 9.17) is 4.74 Å². The van der Waals surface area contributed by atoms with Crippen LogP contribution >= 0.6 is 15.9 Å². The lowest BCUT2D eigenvalue weighted by molar-refractivity contribution is -0.116. The molecule has 24 heavy (non-hydrogen) atoms. The molecule has 0 bridgehead atoms. The van der Waals surface area contributed by atoms with Gasteiger partial charge in [-0.1, -0.05) is 38.1 Å². The van der Waals surface area contributed by atoms with Gasteiger partial charge in [-0.3, -0.25) is 4.79 Å². The molecular formula is C20H24BrNO2. The van der Waals surface area contributed by atoms with Crippen molar-refractivity contribution in [3.05, 3.63) is 57.6 Å². The van der Waals surface area contributed by atoms with Gasteiger partial charge in [0, 0.05) is 12.1 Å². The lowest BCUT2D eigenvalue weighted by atomic mass is 10.0. The van der Waals surface area contributed by atoms with Gasteiger partial charge in [-0.05, 0) is 64.0 Å². The summed E-state index contributed by atoms with van der Waals surface area (Å²) < 4.78 is 6.14. The summed E-state index contributed by atoms with van der Waals surface area (Å²) in [4.78, 5) is 12.4. The first-order valence-electron chi connectivity index (χ1n) is 8.32. The zero-order valence-electron chi connectivity index (χ0n) is 14.5. The number of methoxy groups -OCH3 is 1. The summed E-state index contributed by atoms with van der Waals surface area (Å²) in [7, 11) is 1.64. The molecule has 0 aliphatic heterocycles. The quantitative estimate of drug-likeness (QED) is 0.710. The van der Waals surface area contributed by atoms with Gasteiger partial charge >= 0.3 is 0 Å². The van der Waals surface area contributed by atoms with E-state index in [0.717, 1.165) is 34.3 Å². The Balaban J connectivity index is 2.03. The van der Waals surface area contributed by atoms with Gasteiger partial charge in [0.2, 0.25) is 5.91 Å². The Kier molecular flexibility index (Phi) is 6.85. The molecule has 3 nitrogen and oxygen atoms in total. The van der Waals surface area contributed by atoms with Crippen LogP contribution in [-0.4, -0.2) is 13.0 Å². The number of carbonyl (C=O) groups excluding carboxylic acids is 1. The zero-order chi connectivity index (χ0) is 17.5. The maximum Gasteiger partial charge on any atom is 0.224 e. The summed E-state index contributed by atoms with van der Waals surface area (Å²) in [6, 6.07) is 12.1. The molecule has 128 valence electrons. The summed E-state index contributed by atoms with van der Waals surface area (Å²) >= 11 is 3.48. The Bertz CT molecular complexity index is 691. The Morgan fingerprint density at radius 2 is 1.79 bits per heavy atom. The van der Waals surface area contributed by atoms with E-state index in [9.17, 15) is 4.79 Å². The Morgan fingerprint density at radius 1 is 1.12 bits per heavy atom. The highest BCUT2D eigenvalue weighted by Crippen LogP contribution is 2.26. The minimum absolute atomic E-state index is 0.0533. The van der Waals surface area contributed by atoms with E-state index in [0.29, 0.717) is 12.8 Å². The van der Waals surface area contributed by atoms with E-state index in [-0.39, 0.29) is 5.91 Å². The van der Waals surface area contributed by atoms with Crippen molar-refractivity contribution in [2.24, 2.45) is 0 Å². The minimum Gasteiger partial charge on any atom is -0.496 e. The van der Waals surface area contributed by atoms with Gasteiger partial charge in [0.1, 0.15) is 5.75 Å². The van der Waals surface area contributed by atoms with Gasteiger partial charge < -0.3 is 10.1 Å². The van der Waals surface area contributed by atoms with Crippen LogP contribution in [0.5, 0.6) is 5.75 Å². The summed E-state index contributed by atoms with van der Waals surface area (Å²) in [5.41, 5.74) is 4.48. The van der Waals surface area contributed by atoms with E-state index < -0.39 is 0 Å². The van der Waals surface area contributed by atoms with E-state index in [2.05, 4.69) is 53.3 Å². The third-order valence-corrected chi connectivity index (χ3v) is 4.74. The average molecular weight is 390 g/mol. The molecule has 0 fully saturated rings. The zero-order valence-corrected chi connectivity index (χ0v) is 16.1. The number of aryl methyl sites for hydroxylation is 3. The maximum absolute atomic E-state index is 12.4. The highest BCUT2D eigenvalue weighted by atomic mass is 79.9. The molecule has 0 spiro atoms. The second kappa shape index (κ2) is 8.88. The van der Waals surface area contributed by atoms with Crippen LogP contribution in [0.15, 0.2) is 40.9 Å². The largest absolute Gasteiger partial charge is 0.496 e. The third kappa shape index (κ3) is 4.60. The van der Waals surface area contributed by atoms with Crippen molar-refractivity contribution < 1.29 is 9.53 Å². The summed E-state index contributed by atoms with van der Waals surface area (Å²) in [5.74, 6) is 0.852. The number of hydrogen-bond acceptors (Lipinski definition) is 2. The number of hydrogen-bond donors (Lipinski definition) is 1. The van der Waals surface area contributed by atoms with E-state index in [1.807, 2.05) is 18.2 Å². The standard InChI is InChI=1S/C20H24BrNO2/c1-4-15-7-6-8-16(5-2)20(15)22-19(23)12-10-14-9-11-18(24-3)17(21)13-14/h6-9,11,13H,4-5,10,12H2,1-3H3,(H,22,23). The van der Waals surface area contributed by atoms with Gasteiger partial charge in [0.25, 0.3) is 0 Å². The predicted molar refractivity (Wildman–Crippen MR) is 103 cm³/mol. The predicted octanol–water partition coefficient (Wildman–Crippen LogP) is 5.15.